The highest BCUT2D eigenvalue weighted by molar-refractivity contribution is 7.92. The number of halogens is 3. The van der Waals surface area contributed by atoms with Crippen molar-refractivity contribution >= 4 is 27.3 Å². The Morgan fingerprint density at radius 1 is 1.29 bits per heavy atom. The Hall–Kier alpha value is -2.82. The van der Waals surface area contributed by atoms with Gasteiger partial charge >= 0.3 is 6.18 Å². The van der Waals surface area contributed by atoms with Crippen molar-refractivity contribution in [2.24, 2.45) is 0 Å². The van der Waals surface area contributed by atoms with Crippen LogP contribution in [0.2, 0.25) is 0 Å². The quantitative estimate of drug-likeness (QED) is 0.811. The fourth-order valence-electron chi connectivity index (χ4n) is 2.76. The molecule has 1 aromatic carbocycles. The monoisotopic (exact) mass is 415 g/mol. The number of benzene rings is 1. The number of hydrogen-bond acceptors (Lipinski definition) is 5. The summed E-state index contributed by atoms with van der Waals surface area (Å²) in [5, 5.41) is 2.58. The summed E-state index contributed by atoms with van der Waals surface area (Å²) >= 11 is 0. The molecule has 1 aromatic heterocycles. The molecule has 28 heavy (non-hydrogen) atoms. The van der Waals surface area contributed by atoms with E-state index in [0.29, 0.717) is 24.2 Å². The normalized spacial score (nSPS) is 13.9. The number of amides is 1. The van der Waals surface area contributed by atoms with Crippen molar-refractivity contribution < 1.29 is 31.1 Å². The Bertz CT molecular complexity index is 992. The van der Waals surface area contributed by atoms with Gasteiger partial charge in [0.2, 0.25) is 15.9 Å². The zero-order valence-corrected chi connectivity index (χ0v) is 15.5. The zero-order chi connectivity index (χ0) is 20.5. The zero-order valence-electron chi connectivity index (χ0n) is 14.7. The van der Waals surface area contributed by atoms with Crippen molar-refractivity contribution in [2.45, 2.75) is 12.6 Å². The summed E-state index contributed by atoms with van der Waals surface area (Å²) in [5.74, 6) is -0.667. The number of ether oxygens (including phenoxy) is 1. The molecule has 0 saturated heterocycles. The second kappa shape index (κ2) is 7.30. The van der Waals surface area contributed by atoms with Crippen LogP contribution in [0.4, 0.5) is 24.5 Å². The number of nitrogens with one attached hydrogen (secondary N) is 1. The summed E-state index contributed by atoms with van der Waals surface area (Å²) < 4.78 is 65.6. The van der Waals surface area contributed by atoms with Crippen molar-refractivity contribution in [1.82, 2.24) is 4.98 Å². The largest absolute Gasteiger partial charge is 0.468 e. The Morgan fingerprint density at radius 3 is 2.64 bits per heavy atom. The minimum absolute atomic E-state index is 0.214. The second-order valence-corrected chi connectivity index (χ2v) is 8.08. The molecule has 2 heterocycles. The smallest absolute Gasteiger partial charge is 0.422 e. The van der Waals surface area contributed by atoms with Crippen molar-refractivity contribution in [1.29, 1.82) is 0 Å². The fraction of sp³-hybridized carbons (Fsp3) is 0.294. The number of anilines is 2. The summed E-state index contributed by atoms with van der Waals surface area (Å²) in [4.78, 5) is 16.1. The Morgan fingerprint density at radius 2 is 2.04 bits per heavy atom. The van der Waals surface area contributed by atoms with E-state index in [1.165, 1.54) is 28.7 Å². The number of alkyl halides is 3. The lowest BCUT2D eigenvalue weighted by Gasteiger charge is -2.16. The number of sulfonamides is 1. The Balaban J connectivity index is 1.67. The van der Waals surface area contributed by atoms with Gasteiger partial charge in [0, 0.05) is 18.2 Å². The molecule has 0 radical (unpaired) electrons. The average Bonchev–Trinajstić information content (AvgIpc) is 3.04. The summed E-state index contributed by atoms with van der Waals surface area (Å²) in [6.45, 7) is -1.13. The van der Waals surface area contributed by atoms with Crippen LogP contribution >= 0.6 is 0 Å². The van der Waals surface area contributed by atoms with Gasteiger partial charge in [-0.25, -0.2) is 13.4 Å². The first-order valence-corrected chi connectivity index (χ1v) is 9.95. The number of pyridine rings is 1. The SMILES string of the molecule is CS(=O)(=O)N1CCc2cc(C(=O)Nc3ccc(OCC(F)(F)F)nc3)ccc21. The van der Waals surface area contributed by atoms with Gasteiger partial charge in [-0.2, -0.15) is 13.2 Å². The summed E-state index contributed by atoms with van der Waals surface area (Å²) in [7, 11) is -3.37. The molecule has 2 aromatic rings. The van der Waals surface area contributed by atoms with Crippen LogP contribution in [0.3, 0.4) is 0 Å². The highest BCUT2D eigenvalue weighted by atomic mass is 32.2. The molecule has 7 nitrogen and oxygen atoms in total. The van der Waals surface area contributed by atoms with Crippen LogP contribution < -0.4 is 14.4 Å². The molecule has 1 amide bonds. The van der Waals surface area contributed by atoms with Gasteiger partial charge in [-0.15, -0.1) is 0 Å². The van der Waals surface area contributed by atoms with E-state index in [0.717, 1.165) is 11.8 Å². The third-order valence-electron chi connectivity index (χ3n) is 3.97. The third kappa shape index (κ3) is 4.71. The molecule has 0 atom stereocenters. The lowest BCUT2D eigenvalue weighted by atomic mass is 10.1. The van der Waals surface area contributed by atoms with E-state index >= 15 is 0 Å². The van der Waals surface area contributed by atoms with Crippen LogP contribution in [0.1, 0.15) is 15.9 Å². The van der Waals surface area contributed by atoms with Crippen LogP contribution in [0.5, 0.6) is 5.88 Å². The maximum Gasteiger partial charge on any atom is 0.422 e. The number of carbonyl (C=O) groups excluding carboxylic acids is 1. The van der Waals surface area contributed by atoms with Crippen molar-refractivity contribution in [3.8, 4) is 5.88 Å². The number of fused-ring (bicyclic) bond motifs is 1. The third-order valence-corrected chi connectivity index (χ3v) is 5.15. The number of nitrogens with zero attached hydrogens (tertiary/aromatic N) is 2. The average molecular weight is 415 g/mol. The summed E-state index contributed by atoms with van der Waals surface area (Å²) in [6, 6.07) is 7.28. The summed E-state index contributed by atoms with van der Waals surface area (Å²) in [6.07, 6.45) is -1.66. The van der Waals surface area contributed by atoms with E-state index in [1.807, 2.05) is 0 Å². The molecule has 0 aliphatic carbocycles. The highest BCUT2D eigenvalue weighted by Crippen LogP contribution is 2.31. The molecule has 0 unspecified atom stereocenters. The van der Waals surface area contributed by atoms with E-state index in [9.17, 15) is 26.4 Å². The molecule has 0 saturated carbocycles. The molecular weight excluding hydrogens is 399 g/mol. The molecular formula is C17H16F3N3O4S. The predicted octanol–water partition coefficient (Wildman–Crippen LogP) is 2.60. The number of aromatic nitrogens is 1. The lowest BCUT2D eigenvalue weighted by molar-refractivity contribution is -0.154. The predicted molar refractivity (Wildman–Crippen MR) is 96.1 cm³/mol. The molecule has 1 aliphatic rings. The number of hydrogen-bond donors (Lipinski definition) is 1. The van der Waals surface area contributed by atoms with Crippen LogP contribution in [0.25, 0.3) is 0 Å². The van der Waals surface area contributed by atoms with Gasteiger partial charge in [-0.1, -0.05) is 0 Å². The van der Waals surface area contributed by atoms with Gasteiger partial charge in [0.05, 0.1) is 23.8 Å². The lowest BCUT2D eigenvalue weighted by Crippen LogP contribution is -2.27. The minimum atomic E-state index is -4.46. The van der Waals surface area contributed by atoms with E-state index in [4.69, 9.17) is 0 Å². The molecule has 0 bridgehead atoms. The van der Waals surface area contributed by atoms with Gasteiger partial charge < -0.3 is 10.1 Å². The van der Waals surface area contributed by atoms with E-state index in [2.05, 4.69) is 15.0 Å². The molecule has 0 spiro atoms. The van der Waals surface area contributed by atoms with Gasteiger partial charge in [-0.3, -0.25) is 9.10 Å². The van der Waals surface area contributed by atoms with Crippen LogP contribution in [-0.4, -0.2) is 44.9 Å². The second-order valence-electron chi connectivity index (χ2n) is 6.17. The van der Waals surface area contributed by atoms with Gasteiger partial charge in [0.15, 0.2) is 6.61 Å². The van der Waals surface area contributed by atoms with E-state index in [1.54, 1.807) is 12.1 Å². The van der Waals surface area contributed by atoms with Crippen LogP contribution in [0, 0.1) is 0 Å². The van der Waals surface area contributed by atoms with Crippen molar-refractivity contribution in [2.75, 3.05) is 29.0 Å². The molecule has 3 rings (SSSR count). The summed E-state index contributed by atoms with van der Waals surface area (Å²) in [5.41, 5.74) is 1.90. The van der Waals surface area contributed by atoms with Crippen LogP contribution in [-0.2, 0) is 16.4 Å². The number of carbonyl (C=O) groups is 1. The molecule has 150 valence electrons. The fourth-order valence-corrected chi connectivity index (χ4v) is 3.71. The maximum atomic E-state index is 12.4. The number of rotatable bonds is 5. The van der Waals surface area contributed by atoms with Crippen molar-refractivity contribution in [3.63, 3.8) is 0 Å². The van der Waals surface area contributed by atoms with E-state index in [-0.39, 0.29) is 11.6 Å². The van der Waals surface area contributed by atoms with Gasteiger partial charge in [-0.05, 0) is 36.2 Å². The van der Waals surface area contributed by atoms with Gasteiger partial charge in [0.25, 0.3) is 5.91 Å². The standard InChI is InChI=1S/C17H16F3N3O4S/c1-28(25,26)23-7-6-11-8-12(2-4-14(11)23)16(24)22-13-3-5-15(21-9-13)27-10-17(18,19)20/h2-5,8-9H,6-7,10H2,1H3,(H,22,24). The van der Waals surface area contributed by atoms with Crippen molar-refractivity contribution in [3.05, 3.63) is 47.7 Å². The first-order chi connectivity index (χ1) is 13.0. The highest BCUT2D eigenvalue weighted by Gasteiger charge is 2.29. The molecule has 0 fully saturated rings. The molecule has 1 N–H and O–H groups in total. The first-order valence-electron chi connectivity index (χ1n) is 8.10. The first kappa shape index (κ1) is 19.9. The minimum Gasteiger partial charge on any atom is -0.468 e. The van der Waals surface area contributed by atoms with Crippen LogP contribution in [0.15, 0.2) is 36.5 Å². The Labute approximate surface area is 159 Å². The maximum absolute atomic E-state index is 12.4. The Kier molecular flexibility index (Phi) is 5.20. The van der Waals surface area contributed by atoms with E-state index < -0.39 is 28.7 Å². The topological polar surface area (TPSA) is 88.6 Å². The molecule has 1 aliphatic heterocycles. The molecule has 11 heteroatoms. The van der Waals surface area contributed by atoms with Gasteiger partial charge in [0.1, 0.15) is 0 Å².